The molecule has 0 aromatic heterocycles. The van der Waals surface area contributed by atoms with Crippen molar-refractivity contribution in [2.45, 2.75) is 12.8 Å². The molecule has 2 aromatic rings. The Balaban J connectivity index is 1.65. The summed E-state index contributed by atoms with van der Waals surface area (Å²) in [5, 5.41) is 6.18. The monoisotopic (exact) mass is 365 g/mol. The van der Waals surface area contributed by atoms with Crippen molar-refractivity contribution in [3.05, 3.63) is 53.1 Å². The van der Waals surface area contributed by atoms with Gasteiger partial charge in [0.25, 0.3) is 0 Å². The number of halogens is 3. The number of anilines is 3. The van der Waals surface area contributed by atoms with E-state index in [4.69, 9.17) is 11.6 Å². The molecule has 2 N–H and O–H groups in total. The molecule has 1 heterocycles. The van der Waals surface area contributed by atoms with E-state index in [1.54, 1.807) is 6.07 Å². The Morgan fingerprint density at radius 1 is 1.08 bits per heavy atom. The first-order chi connectivity index (χ1) is 12.0. The lowest BCUT2D eigenvalue weighted by molar-refractivity contribution is -0.114. The molecule has 2 aromatic carbocycles. The van der Waals surface area contributed by atoms with Gasteiger partial charge in [0.1, 0.15) is 0 Å². The van der Waals surface area contributed by atoms with Crippen LogP contribution in [-0.2, 0) is 4.79 Å². The van der Waals surface area contributed by atoms with Crippen molar-refractivity contribution >= 4 is 34.6 Å². The van der Waals surface area contributed by atoms with Gasteiger partial charge >= 0.3 is 0 Å². The Morgan fingerprint density at radius 3 is 2.56 bits per heavy atom. The molecule has 3 rings (SSSR count). The van der Waals surface area contributed by atoms with Crippen LogP contribution in [-0.4, -0.2) is 25.5 Å². The third-order valence-corrected chi connectivity index (χ3v) is 4.28. The molecule has 1 saturated heterocycles. The van der Waals surface area contributed by atoms with Crippen molar-refractivity contribution in [3.8, 4) is 0 Å². The summed E-state index contributed by atoms with van der Waals surface area (Å²) in [6.07, 6.45) is 2.28. The topological polar surface area (TPSA) is 44.4 Å². The summed E-state index contributed by atoms with van der Waals surface area (Å²) in [4.78, 5) is 14.3. The van der Waals surface area contributed by atoms with Crippen LogP contribution in [0.25, 0.3) is 0 Å². The zero-order valence-corrected chi connectivity index (χ0v) is 14.2. The molecule has 132 valence electrons. The van der Waals surface area contributed by atoms with Gasteiger partial charge in [-0.05, 0) is 43.2 Å². The smallest absolute Gasteiger partial charge is 0.243 e. The van der Waals surface area contributed by atoms with Gasteiger partial charge in [-0.25, -0.2) is 8.78 Å². The van der Waals surface area contributed by atoms with Gasteiger partial charge in [0.05, 0.1) is 17.9 Å². The van der Waals surface area contributed by atoms with Crippen molar-refractivity contribution in [1.82, 2.24) is 0 Å². The van der Waals surface area contributed by atoms with E-state index in [1.165, 1.54) is 6.07 Å². The first-order valence-electron chi connectivity index (χ1n) is 8.06. The fraction of sp³-hybridized carbons (Fsp3) is 0.278. The number of benzene rings is 2. The molecule has 0 spiro atoms. The van der Waals surface area contributed by atoms with E-state index in [9.17, 15) is 13.6 Å². The molecule has 4 nitrogen and oxygen atoms in total. The maximum atomic E-state index is 13.2. The minimum absolute atomic E-state index is 0.0137. The average Bonchev–Trinajstić information content (AvgIpc) is 3.11. The van der Waals surface area contributed by atoms with E-state index in [1.807, 2.05) is 12.1 Å². The van der Waals surface area contributed by atoms with Crippen LogP contribution in [0.15, 0.2) is 36.4 Å². The van der Waals surface area contributed by atoms with E-state index in [-0.39, 0.29) is 18.1 Å². The van der Waals surface area contributed by atoms with E-state index >= 15 is 0 Å². The zero-order chi connectivity index (χ0) is 17.8. The van der Waals surface area contributed by atoms with E-state index in [0.717, 1.165) is 49.4 Å². The SMILES string of the molecule is O=C(CNc1cc(Cl)ccc1N1CCCC1)Nc1ccc(F)c(F)c1. The molecule has 0 atom stereocenters. The quantitative estimate of drug-likeness (QED) is 0.831. The normalized spacial score (nSPS) is 13.8. The van der Waals surface area contributed by atoms with Crippen LogP contribution < -0.4 is 15.5 Å². The predicted octanol–water partition coefficient (Wildman–Crippen LogP) is 4.27. The maximum absolute atomic E-state index is 13.2. The fourth-order valence-electron chi connectivity index (χ4n) is 2.84. The van der Waals surface area contributed by atoms with Crippen LogP contribution in [0.1, 0.15) is 12.8 Å². The molecule has 1 amide bonds. The van der Waals surface area contributed by atoms with Gasteiger partial charge in [-0.1, -0.05) is 11.6 Å². The molecule has 0 bridgehead atoms. The van der Waals surface area contributed by atoms with Crippen LogP contribution in [0.3, 0.4) is 0 Å². The molecule has 0 unspecified atom stereocenters. The van der Waals surface area contributed by atoms with Gasteiger partial charge in [0.15, 0.2) is 11.6 Å². The Morgan fingerprint density at radius 2 is 1.84 bits per heavy atom. The number of nitrogens with zero attached hydrogens (tertiary/aromatic N) is 1. The number of hydrogen-bond donors (Lipinski definition) is 2. The van der Waals surface area contributed by atoms with Gasteiger partial charge in [-0.15, -0.1) is 0 Å². The largest absolute Gasteiger partial charge is 0.374 e. The molecular weight excluding hydrogens is 348 g/mol. The summed E-state index contributed by atoms with van der Waals surface area (Å²) in [7, 11) is 0. The third kappa shape index (κ3) is 4.39. The summed E-state index contributed by atoms with van der Waals surface area (Å²) < 4.78 is 26.1. The summed E-state index contributed by atoms with van der Waals surface area (Å²) in [6.45, 7) is 1.93. The first-order valence-corrected chi connectivity index (χ1v) is 8.44. The standard InChI is InChI=1S/C18H18ClF2N3O/c19-12-3-6-17(24-7-1-2-8-24)16(9-12)22-11-18(25)23-13-4-5-14(20)15(21)10-13/h3-6,9-10,22H,1-2,7-8,11H2,(H,23,25). The van der Waals surface area contributed by atoms with Gasteiger partial charge in [-0.2, -0.15) is 0 Å². The van der Waals surface area contributed by atoms with Crippen molar-refractivity contribution in [3.63, 3.8) is 0 Å². The second-order valence-electron chi connectivity index (χ2n) is 5.89. The summed E-state index contributed by atoms with van der Waals surface area (Å²) in [5.41, 5.74) is 1.98. The Bertz CT molecular complexity index is 779. The van der Waals surface area contributed by atoms with Gasteiger partial charge < -0.3 is 15.5 Å². The third-order valence-electron chi connectivity index (χ3n) is 4.05. The molecular formula is C18H18ClF2N3O. The van der Waals surface area contributed by atoms with Crippen molar-refractivity contribution in [1.29, 1.82) is 0 Å². The molecule has 0 saturated carbocycles. The number of nitrogens with one attached hydrogen (secondary N) is 2. The van der Waals surface area contributed by atoms with Crippen molar-refractivity contribution < 1.29 is 13.6 Å². The van der Waals surface area contributed by atoms with Crippen LogP contribution in [0, 0.1) is 11.6 Å². The molecule has 1 fully saturated rings. The minimum atomic E-state index is -1.00. The summed E-state index contributed by atoms with van der Waals surface area (Å²) >= 11 is 6.06. The Labute approximate surface area is 149 Å². The highest BCUT2D eigenvalue weighted by Gasteiger charge is 2.16. The molecule has 25 heavy (non-hydrogen) atoms. The summed E-state index contributed by atoms with van der Waals surface area (Å²) in [6, 6.07) is 8.76. The van der Waals surface area contributed by atoms with Gasteiger partial charge in [0, 0.05) is 29.9 Å². The number of rotatable bonds is 5. The second-order valence-corrected chi connectivity index (χ2v) is 6.32. The maximum Gasteiger partial charge on any atom is 0.243 e. The number of hydrogen-bond acceptors (Lipinski definition) is 3. The first kappa shape index (κ1) is 17.5. The van der Waals surface area contributed by atoms with Crippen LogP contribution in [0.4, 0.5) is 25.8 Å². The molecule has 0 aliphatic carbocycles. The fourth-order valence-corrected chi connectivity index (χ4v) is 3.01. The van der Waals surface area contributed by atoms with Gasteiger partial charge in [0.2, 0.25) is 5.91 Å². The Kier molecular flexibility index (Phi) is 5.38. The van der Waals surface area contributed by atoms with Crippen molar-refractivity contribution in [2.24, 2.45) is 0 Å². The lowest BCUT2D eigenvalue weighted by atomic mass is 10.2. The van der Waals surface area contributed by atoms with E-state index < -0.39 is 11.6 Å². The molecule has 7 heteroatoms. The summed E-state index contributed by atoms with van der Waals surface area (Å²) in [5.74, 6) is -2.32. The number of carbonyl (C=O) groups is 1. The molecule has 1 aliphatic heterocycles. The lowest BCUT2D eigenvalue weighted by Crippen LogP contribution is -2.24. The highest BCUT2D eigenvalue weighted by atomic mass is 35.5. The van der Waals surface area contributed by atoms with Crippen molar-refractivity contribution in [2.75, 3.05) is 35.2 Å². The molecule has 1 aliphatic rings. The average molecular weight is 366 g/mol. The second kappa shape index (κ2) is 7.70. The highest BCUT2D eigenvalue weighted by Crippen LogP contribution is 2.31. The number of amides is 1. The van der Waals surface area contributed by atoms with Crippen LogP contribution >= 0.6 is 11.6 Å². The van der Waals surface area contributed by atoms with E-state index in [0.29, 0.717) is 5.02 Å². The Hall–Kier alpha value is -2.34. The predicted molar refractivity (Wildman–Crippen MR) is 96.4 cm³/mol. The minimum Gasteiger partial charge on any atom is -0.374 e. The van der Waals surface area contributed by atoms with Crippen LogP contribution in [0.2, 0.25) is 5.02 Å². The lowest BCUT2D eigenvalue weighted by Gasteiger charge is -2.22. The van der Waals surface area contributed by atoms with E-state index in [2.05, 4.69) is 15.5 Å². The highest BCUT2D eigenvalue weighted by molar-refractivity contribution is 6.31. The zero-order valence-electron chi connectivity index (χ0n) is 13.5. The molecule has 0 radical (unpaired) electrons. The van der Waals surface area contributed by atoms with Gasteiger partial charge in [-0.3, -0.25) is 4.79 Å². The van der Waals surface area contributed by atoms with Crippen LogP contribution in [0.5, 0.6) is 0 Å². The number of carbonyl (C=O) groups excluding carboxylic acids is 1.